The third-order valence-electron chi connectivity index (χ3n) is 3.70. The van der Waals surface area contributed by atoms with E-state index in [1.165, 1.54) is 28.8 Å². The van der Waals surface area contributed by atoms with Crippen molar-refractivity contribution in [1.29, 1.82) is 0 Å². The predicted molar refractivity (Wildman–Crippen MR) is 85.8 cm³/mol. The van der Waals surface area contributed by atoms with Gasteiger partial charge in [0, 0.05) is 0 Å². The summed E-state index contributed by atoms with van der Waals surface area (Å²) in [6.07, 6.45) is 0.936. The largest absolute Gasteiger partial charge is 0.207 e. The normalized spacial score (nSPS) is 10.6. The van der Waals surface area contributed by atoms with Crippen LogP contribution >= 0.6 is 0 Å². The molecular weight excluding hydrogens is 259 g/mol. The molecule has 1 heteroatoms. The zero-order valence-corrected chi connectivity index (χ0v) is 12.0. The van der Waals surface area contributed by atoms with Gasteiger partial charge in [0.25, 0.3) is 0 Å². The van der Waals surface area contributed by atoms with Crippen molar-refractivity contribution in [2.45, 2.75) is 13.3 Å². The Morgan fingerprint density at radius 2 is 1.48 bits per heavy atom. The van der Waals surface area contributed by atoms with Gasteiger partial charge in [0.15, 0.2) is 0 Å². The lowest BCUT2D eigenvalue weighted by Gasteiger charge is -2.09. The maximum absolute atomic E-state index is 13.0. The highest BCUT2D eigenvalue weighted by Gasteiger charge is 2.04. The topological polar surface area (TPSA) is 0 Å². The van der Waals surface area contributed by atoms with Crippen molar-refractivity contribution in [2.75, 3.05) is 0 Å². The molecular formula is C20H17F. The van der Waals surface area contributed by atoms with Crippen LogP contribution in [-0.2, 0) is 6.42 Å². The second-order valence-corrected chi connectivity index (χ2v) is 5.32. The average Bonchev–Trinajstić information content (AvgIpc) is 2.50. The number of hydrogen-bond acceptors (Lipinski definition) is 0. The van der Waals surface area contributed by atoms with E-state index in [1.807, 2.05) is 18.2 Å². The molecule has 0 atom stereocenters. The Morgan fingerprint density at radius 1 is 0.762 bits per heavy atom. The lowest BCUT2D eigenvalue weighted by molar-refractivity contribution is 0.628. The van der Waals surface area contributed by atoms with Crippen molar-refractivity contribution in [3.8, 4) is 11.1 Å². The number of hydrogen-bond donors (Lipinski definition) is 0. The molecule has 0 unspecified atom stereocenters. The first kappa shape index (κ1) is 13.6. The highest BCUT2D eigenvalue weighted by atomic mass is 19.1. The molecule has 3 aromatic rings. The molecule has 0 saturated carbocycles. The third kappa shape index (κ3) is 3.19. The van der Waals surface area contributed by atoms with Crippen LogP contribution in [0.5, 0.6) is 0 Å². The maximum Gasteiger partial charge on any atom is 0.123 e. The van der Waals surface area contributed by atoms with Crippen LogP contribution in [0.1, 0.15) is 16.7 Å². The van der Waals surface area contributed by atoms with Gasteiger partial charge in [0.1, 0.15) is 5.82 Å². The fourth-order valence-electron chi connectivity index (χ4n) is 2.62. The maximum atomic E-state index is 13.0. The third-order valence-corrected chi connectivity index (χ3v) is 3.70. The molecule has 0 aliphatic rings. The Morgan fingerprint density at radius 3 is 2.14 bits per heavy atom. The highest BCUT2D eigenvalue weighted by molar-refractivity contribution is 5.67. The summed E-state index contributed by atoms with van der Waals surface area (Å²) < 4.78 is 13.0. The summed E-state index contributed by atoms with van der Waals surface area (Å²) in [7, 11) is 0. The molecule has 0 heterocycles. The van der Waals surface area contributed by atoms with Crippen LogP contribution in [0.15, 0.2) is 72.8 Å². The summed E-state index contributed by atoms with van der Waals surface area (Å²) in [6, 6.07) is 23.6. The van der Waals surface area contributed by atoms with Gasteiger partial charge in [-0.2, -0.15) is 0 Å². The second kappa shape index (κ2) is 5.92. The average molecular weight is 276 g/mol. The number of rotatable bonds is 3. The van der Waals surface area contributed by atoms with Crippen molar-refractivity contribution in [3.05, 3.63) is 95.3 Å². The lowest BCUT2D eigenvalue weighted by Crippen LogP contribution is -1.91. The molecule has 3 aromatic carbocycles. The summed E-state index contributed by atoms with van der Waals surface area (Å²) in [5, 5.41) is 0. The van der Waals surface area contributed by atoms with Crippen LogP contribution in [0.25, 0.3) is 11.1 Å². The van der Waals surface area contributed by atoms with Gasteiger partial charge >= 0.3 is 0 Å². The molecule has 0 N–H and O–H groups in total. The van der Waals surface area contributed by atoms with Gasteiger partial charge in [-0.3, -0.25) is 0 Å². The Bertz CT molecular complexity index is 728. The first-order valence-electron chi connectivity index (χ1n) is 7.12. The van der Waals surface area contributed by atoms with Crippen molar-refractivity contribution < 1.29 is 4.39 Å². The van der Waals surface area contributed by atoms with Gasteiger partial charge in [-0.25, -0.2) is 4.39 Å². The minimum absolute atomic E-state index is 0.197. The fourth-order valence-corrected chi connectivity index (χ4v) is 2.62. The Kier molecular flexibility index (Phi) is 3.83. The van der Waals surface area contributed by atoms with Gasteiger partial charge in [-0.05, 0) is 53.3 Å². The molecule has 0 radical (unpaired) electrons. The van der Waals surface area contributed by atoms with Gasteiger partial charge in [-0.1, -0.05) is 60.7 Å². The molecule has 0 amide bonds. The lowest BCUT2D eigenvalue weighted by atomic mass is 9.96. The van der Waals surface area contributed by atoms with Gasteiger partial charge in [0.05, 0.1) is 0 Å². The molecule has 0 aliphatic heterocycles. The second-order valence-electron chi connectivity index (χ2n) is 5.32. The molecule has 3 rings (SSSR count). The fraction of sp³-hybridized carbons (Fsp3) is 0.100. The van der Waals surface area contributed by atoms with Crippen LogP contribution in [0.4, 0.5) is 4.39 Å². The number of aryl methyl sites for hydroxylation is 1. The van der Waals surface area contributed by atoms with Crippen LogP contribution in [-0.4, -0.2) is 0 Å². The van der Waals surface area contributed by atoms with E-state index >= 15 is 0 Å². The summed E-state index contributed by atoms with van der Waals surface area (Å²) >= 11 is 0. The molecule has 0 aromatic heterocycles. The molecule has 0 aliphatic carbocycles. The zero-order valence-electron chi connectivity index (χ0n) is 12.0. The number of halogens is 1. The minimum atomic E-state index is -0.197. The molecule has 21 heavy (non-hydrogen) atoms. The monoisotopic (exact) mass is 276 g/mol. The first-order chi connectivity index (χ1) is 10.2. The van der Waals surface area contributed by atoms with Gasteiger partial charge in [0.2, 0.25) is 0 Å². The molecule has 0 spiro atoms. The van der Waals surface area contributed by atoms with Crippen molar-refractivity contribution >= 4 is 0 Å². The summed E-state index contributed by atoms with van der Waals surface area (Å²) in [5.41, 5.74) is 6.04. The van der Waals surface area contributed by atoms with E-state index in [2.05, 4.69) is 49.4 Å². The van der Waals surface area contributed by atoms with Crippen LogP contribution in [0.3, 0.4) is 0 Å². The van der Waals surface area contributed by atoms with E-state index in [1.54, 1.807) is 0 Å². The van der Waals surface area contributed by atoms with Gasteiger partial charge < -0.3 is 0 Å². The predicted octanol–water partition coefficient (Wildman–Crippen LogP) is 5.39. The Hall–Kier alpha value is -2.41. The van der Waals surface area contributed by atoms with E-state index < -0.39 is 0 Å². The Balaban J connectivity index is 1.88. The quantitative estimate of drug-likeness (QED) is 0.601. The van der Waals surface area contributed by atoms with Crippen LogP contribution in [0.2, 0.25) is 0 Å². The molecule has 0 saturated heterocycles. The SMILES string of the molecule is Cc1cc(Cc2ccccc2)ccc1-c1ccc(F)cc1. The molecule has 0 fully saturated rings. The Labute approximate surface area is 124 Å². The van der Waals surface area contributed by atoms with E-state index in [0.717, 1.165) is 17.5 Å². The smallest absolute Gasteiger partial charge is 0.123 e. The summed E-state index contributed by atoms with van der Waals surface area (Å²) in [6.45, 7) is 2.10. The van der Waals surface area contributed by atoms with Crippen LogP contribution in [0, 0.1) is 12.7 Å². The van der Waals surface area contributed by atoms with Crippen LogP contribution < -0.4 is 0 Å². The van der Waals surface area contributed by atoms with Crippen molar-refractivity contribution in [1.82, 2.24) is 0 Å². The molecule has 0 nitrogen and oxygen atoms in total. The number of benzene rings is 3. The molecule has 104 valence electrons. The summed E-state index contributed by atoms with van der Waals surface area (Å²) in [5.74, 6) is -0.197. The van der Waals surface area contributed by atoms with E-state index in [0.29, 0.717) is 0 Å². The molecule has 0 bridgehead atoms. The van der Waals surface area contributed by atoms with Crippen molar-refractivity contribution in [3.63, 3.8) is 0 Å². The van der Waals surface area contributed by atoms with Gasteiger partial charge in [-0.15, -0.1) is 0 Å². The van der Waals surface area contributed by atoms with Crippen molar-refractivity contribution in [2.24, 2.45) is 0 Å². The van der Waals surface area contributed by atoms with E-state index in [4.69, 9.17) is 0 Å². The highest BCUT2D eigenvalue weighted by Crippen LogP contribution is 2.25. The summed E-state index contributed by atoms with van der Waals surface area (Å²) in [4.78, 5) is 0. The van der Waals surface area contributed by atoms with E-state index in [-0.39, 0.29) is 5.82 Å². The first-order valence-corrected chi connectivity index (χ1v) is 7.12. The zero-order chi connectivity index (χ0) is 14.7. The van der Waals surface area contributed by atoms with E-state index in [9.17, 15) is 4.39 Å². The minimum Gasteiger partial charge on any atom is -0.207 e. The standard InChI is InChI=1S/C20H17F/c1-15-13-17(14-16-5-3-2-4-6-16)7-12-20(15)18-8-10-19(21)11-9-18/h2-13H,14H2,1H3.